The molecule has 0 aliphatic carbocycles. The first-order valence-electron chi connectivity index (χ1n) is 10.7. The lowest BCUT2D eigenvalue weighted by Gasteiger charge is -2.16. The van der Waals surface area contributed by atoms with Crippen LogP contribution in [0.1, 0.15) is 11.1 Å². The molecule has 33 heavy (non-hydrogen) atoms. The molecule has 6 nitrogen and oxygen atoms in total. The van der Waals surface area contributed by atoms with Crippen LogP contribution in [0.2, 0.25) is 5.02 Å². The molecule has 0 amide bonds. The van der Waals surface area contributed by atoms with Gasteiger partial charge in [0, 0.05) is 37.3 Å². The van der Waals surface area contributed by atoms with Gasteiger partial charge in [-0.1, -0.05) is 72.3 Å². The van der Waals surface area contributed by atoms with E-state index in [2.05, 4.69) is 28.8 Å². The highest BCUT2D eigenvalue weighted by Gasteiger charge is 2.11. The number of non-ortho nitro benzene ring substituents is 1. The van der Waals surface area contributed by atoms with E-state index in [-0.39, 0.29) is 5.69 Å². The SMILES string of the molecule is O=[N+]([O-])c1ccc(NCCNCc2c(OCc3ccccc3)ccc3ccccc23)c(Cl)c1. The Morgan fingerprint density at radius 2 is 1.70 bits per heavy atom. The fourth-order valence-electron chi connectivity index (χ4n) is 3.63. The number of rotatable bonds is 10. The summed E-state index contributed by atoms with van der Waals surface area (Å²) in [5, 5.41) is 20.2. The van der Waals surface area contributed by atoms with Gasteiger partial charge < -0.3 is 15.4 Å². The van der Waals surface area contributed by atoms with Gasteiger partial charge in [0.05, 0.1) is 15.6 Å². The molecular formula is C26H24ClN3O3. The average molecular weight is 462 g/mol. The third-order valence-electron chi connectivity index (χ3n) is 5.32. The molecule has 0 fully saturated rings. The number of fused-ring (bicyclic) bond motifs is 1. The van der Waals surface area contributed by atoms with Crippen LogP contribution in [0, 0.1) is 10.1 Å². The lowest BCUT2D eigenvalue weighted by atomic mass is 10.0. The summed E-state index contributed by atoms with van der Waals surface area (Å²) >= 11 is 6.15. The molecule has 0 aromatic heterocycles. The third-order valence-corrected chi connectivity index (χ3v) is 5.63. The monoisotopic (exact) mass is 461 g/mol. The zero-order chi connectivity index (χ0) is 23.0. The van der Waals surface area contributed by atoms with Crippen molar-refractivity contribution < 1.29 is 9.66 Å². The Kier molecular flexibility index (Phi) is 7.40. The number of nitrogens with one attached hydrogen (secondary N) is 2. The minimum absolute atomic E-state index is 0.0253. The lowest BCUT2D eigenvalue weighted by Crippen LogP contribution is -2.22. The number of hydrogen-bond donors (Lipinski definition) is 2. The molecule has 0 aliphatic heterocycles. The van der Waals surface area contributed by atoms with Crippen molar-refractivity contribution in [1.29, 1.82) is 0 Å². The summed E-state index contributed by atoms with van der Waals surface area (Å²) in [6.45, 7) is 2.44. The molecule has 7 heteroatoms. The highest BCUT2D eigenvalue weighted by Crippen LogP contribution is 2.29. The number of nitrogens with zero attached hydrogens (tertiary/aromatic N) is 1. The number of halogens is 1. The lowest BCUT2D eigenvalue weighted by molar-refractivity contribution is -0.384. The zero-order valence-corrected chi connectivity index (χ0v) is 18.7. The van der Waals surface area contributed by atoms with Crippen LogP contribution in [-0.4, -0.2) is 18.0 Å². The second-order valence-corrected chi connectivity index (χ2v) is 7.97. The fourth-order valence-corrected chi connectivity index (χ4v) is 3.87. The molecule has 4 aromatic carbocycles. The van der Waals surface area contributed by atoms with Crippen molar-refractivity contribution >= 4 is 33.7 Å². The van der Waals surface area contributed by atoms with Crippen LogP contribution in [0.25, 0.3) is 10.8 Å². The normalized spacial score (nSPS) is 10.8. The standard InChI is InChI=1S/C26H24ClN3O3/c27-24-16-21(30(31)32)11-12-25(24)29-15-14-28-17-23-22-9-5-4-8-20(22)10-13-26(23)33-18-19-6-2-1-3-7-19/h1-13,16,28-29H,14-15,17-18H2. The molecule has 0 bridgehead atoms. The first-order chi connectivity index (χ1) is 16.1. The molecule has 4 aromatic rings. The second-order valence-electron chi connectivity index (χ2n) is 7.56. The summed E-state index contributed by atoms with van der Waals surface area (Å²) in [4.78, 5) is 10.4. The Morgan fingerprint density at radius 3 is 2.48 bits per heavy atom. The summed E-state index contributed by atoms with van der Waals surface area (Å²) in [6.07, 6.45) is 0. The van der Waals surface area contributed by atoms with Crippen LogP contribution in [0.15, 0.2) is 84.9 Å². The maximum Gasteiger partial charge on any atom is 0.271 e. The Bertz CT molecular complexity index is 1250. The molecule has 0 spiro atoms. The molecule has 2 N–H and O–H groups in total. The van der Waals surface area contributed by atoms with Crippen LogP contribution < -0.4 is 15.4 Å². The topological polar surface area (TPSA) is 76.4 Å². The van der Waals surface area contributed by atoms with Crippen LogP contribution in [0.5, 0.6) is 5.75 Å². The molecule has 0 saturated heterocycles. The quantitative estimate of drug-likeness (QED) is 0.167. The highest BCUT2D eigenvalue weighted by atomic mass is 35.5. The number of anilines is 1. The fraction of sp³-hybridized carbons (Fsp3) is 0.154. The van der Waals surface area contributed by atoms with E-state index in [4.69, 9.17) is 16.3 Å². The number of ether oxygens (including phenoxy) is 1. The van der Waals surface area contributed by atoms with E-state index in [0.29, 0.717) is 37.0 Å². The third kappa shape index (κ3) is 5.80. The van der Waals surface area contributed by atoms with Crippen LogP contribution in [0.3, 0.4) is 0 Å². The van der Waals surface area contributed by atoms with Crippen molar-refractivity contribution in [3.05, 3.63) is 111 Å². The van der Waals surface area contributed by atoms with Gasteiger partial charge in [-0.25, -0.2) is 0 Å². The van der Waals surface area contributed by atoms with E-state index >= 15 is 0 Å². The zero-order valence-electron chi connectivity index (χ0n) is 18.0. The van der Waals surface area contributed by atoms with Gasteiger partial charge in [0.25, 0.3) is 5.69 Å². The van der Waals surface area contributed by atoms with E-state index in [1.54, 1.807) is 6.07 Å². The van der Waals surface area contributed by atoms with Crippen LogP contribution in [0.4, 0.5) is 11.4 Å². The number of nitro benzene ring substituents is 1. The van der Waals surface area contributed by atoms with Gasteiger partial charge in [-0.15, -0.1) is 0 Å². The molecule has 0 atom stereocenters. The van der Waals surface area contributed by atoms with Gasteiger partial charge in [-0.05, 0) is 28.5 Å². The van der Waals surface area contributed by atoms with Crippen LogP contribution >= 0.6 is 11.6 Å². The van der Waals surface area contributed by atoms with Gasteiger partial charge in [-0.2, -0.15) is 0 Å². The van der Waals surface area contributed by atoms with E-state index in [1.165, 1.54) is 12.1 Å². The summed E-state index contributed by atoms with van der Waals surface area (Å²) in [5.74, 6) is 0.858. The molecule has 0 aliphatic rings. The van der Waals surface area contributed by atoms with Crippen molar-refractivity contribution in [2.75, 3.05) is 18.4 Å². The van der Waals surface area contributed by atoms with E-state index < -0.39 is 4.92 Å². The molecule has 0 radical (unpaired) electrons. The molecule has 4 rings (SSSR count). The minimum Gasteiger partial charge on any atom is -0.489 e. The van der Waals surface area contributed by atoms with Gasteiger partial charge in [0.2, 0.25) is 0 Å². The predicted octanol–water partition coefficient (Wildman–Crippen LogP) is 6.18. The minimum atomic E-state index is -0.459. The first kappa shape index (κ1) is 22.6. The maximum atomic E-state index is 10.9. The van der Waals surface area contributed by atoms with Gasteiger partial charge in [-0.3, -0.25) is 10.1 Å². The molecule has 168 valence electrons. The number of hydrogen-bond acceptors (Lipinski definition) is 5. The highest BCUT2D eigenvalue weighted by molar-refractivity contribution is 6.33. The van der Waals surface area contributed by atoms with Crippen molar-refractivity contribution in [3.8, 4) is 5.75 Å². The molecule has 0 heterocycles. The first-order valence-corrected chi connectivity index (χ1v) is 11.1. The Labute approximate surface area is 197 Å². The maximum absolute atomic E-state index is 10.9. The largest absolute Gasteiger partial charge is 0.489 e. The van der Waals surface area contributed by atoms with E-state index in [9.17, 15) is 10.1 Å². The van der Waals surface area contributed by atoms with Crippen molar-refractivity contribution in [2.24, 2.45) is 0 Å². The summed E-state index contributed by atoms with van der Waals surface area (Å²) in [7, 11) is 0. The van der Waals surface area contributed by atoms with Crippen molar-refractivity contribution in [3.63, 3.8) is 0 Å². The summed E-state index contributed by atoms with van der Waals surface area (Å²) < 4.78 is 6.18. The van der Waals surface area contributed by atoms with E-state index in [1.807, 2.05) is 48.5 Å². The van der Waals surface area contributed by atoms with Gasteiger partial charge >= 0.3 is 0 Å². The molecular weight excluding hydrogens is 438 g/mol. The Morgan fingerprint density at radius 1 is 0.909 bits per heavy atom. The van der Waals surface area contributed by atoms with Crippen molar-refractivity contribution in [2.45, 2.75) is 13.2 Å². The Hall–Kier alpha value is -3.61. The average Bonchev–Trinajstić information content (AvgIpc) is 2.84. The van der Waals surface area contributed by atoms with Crippen molar-refractivity contribution in [1.82, 2.24) is 5.32 Å². The number of nitro groups is 1. The van der Waals surface area contributed by atoms with E-state index in [0.717, 1.165) is 27.6 Å². The smallest absolute Gasteiger partial charge is 0.271 e. The van der Waals surface area contributed by atoms with Gasteiger partial charge in [0.15, 0.2) is 0 Å². The summed E-state index contributed by atoms with van der Waals surface area (Å²) in [6, 6.07) is 26.9. The summed E-state index contributed by atoms with van der Waals surface area (Å²) in [5.41, 5.74) is 2.87. The predicted molar refractivity (Wildman–Crippen MR) is 133 cm³/mol. The number of benzene rings is 4. The molecule has 0 saturated carbocycles. The van der Waals surface area contributed by atoms with Gasteiger partial charge in [0.1, 0.15) is 12.4 Å². The molecule has 0 unspecified atom stereocenters. The van der Waals surface area contributed by atoms with Crippen LogP contribution in [-0.2, 0) is 13.2 Å². The second kappa shape index (κ2) is 10.8. The Balaban J connectivity index is 1.39.